The van der Waals surface area contributed by atoms with Crippen LogP contribution in [-0.2, 0) is 13.6 Å². The molecule has 0 saturated heterocycles. The number of tetrazole rings is 1. The number of rotatable bonds is 3. The summed E-state index contributed by atoms with van der Waals surface area (Å²) in [7, 11) is 1.73. The number of hydrogen-bond acceptors (Lipinski definition) is 4. The van der Waals surface area contributed by atoms with Crippen molar-refractivity contribution in [1.29, 1.82) is 0 Å². The second kappa shape index (κ2) is 5.01. The van der Waals surface area contributed by atoms with Crippen LogP contribution in [-0.4, -0.2) is 20.2 Å². The first kappa shape index (κ1) is 12.3. The van der Waals surface area contributed by atoms with Crippen LogP contribution in [0.2, 0.25) is 5.02 Å². The highest BCUT2D eigenvalue weighted by molar-refractivity contribution is 9.10. The standard InChI is InChI=1S/C10H11BrClN5/c1-6-3-7(11)9(4-8(6)12)13-5-10-14-16-17(2)15-10/h3-4,13H,5H2,1-2H3. The van der Waals surface area contributed by atoms with Crippen LogP contribution in [0.4, 0.5) is 5.69 Å². The van der Waals surface area contributed by atoms with E-state index in [-0.39, 0.29) is 0 Å². The zero-order valence-corrected chi connectivity index (χ0v) is 11.7. The van der Waals surface area contributed by atoms with Gasteiger partial charge in [0.05, 0.1) is 19.3 Å². The molecule has 90 valence electrons. The van der Waals surface area contributed by atoms with Crippen LogP contribution in [0.5, 0.6) is 0 Å². The lowest BCUT2D eigenvalue weighted by Crippen LogP contribution is -2.03. The Kier molecular flexibility index (Phi) is 3.63. The minimum atomic E-state index is 0.506. The highest BCUT2D eigenvalue weighted by Crippen LogP contribution is 2.29. The molecule has 0 unspecified atom stereocenters. The molecule has 0 atom stereocenters. The Morgan fingerprint density at radius 3 is 2.88 bits per heavy atom. The largest absolute Gasteiger partial charge is 0.377 e. The molecule has 0 spiro atoms. The molecule has 0 aliphatic carbocycles. The third-order valence-corrected chi connectivity index (χ3v) is 3.30. The maximum atomic E-state index is 6.06. The SMILES string of the molecule is Cc1cc(Br)c(NCc2nnn(C)n2)cc1Cl. The number of anilines is 1. The van der Waals surface area contributed by atoms with Crippen molar-refractivity contribution < 1.29 is 0 Å². The average molecular weight is 317 g/mol. The molecule has 0 fully saturated rings. The molecule has 1 aromatic carbocycles. The normalized spacial score (nSPS) is 10.6. The monoisotopic (exact) mass is 315 g/mol. The summed E-state index contributed by atoms with van der Waals surface area (Å²) in [5.74, 6) is 0.635. The van der Waals surface area contributed by atoms with Gasteiger partial charge in [0.15, 0.2) is 5.82 Å². The van der Waals surface area contributed by atoms with E-state index < -0.39 is 0 Å². The number of aryl methyl sites for hydroxylation is 2. The third-order valence-electron chi connectivity index (χ3n) is 2.24. The molecule has 0 bridgehead atoms. The van der Waals surface area contributed by atoms with Crippen LogP contribution in [0.1, 0.15) is 11.4 Å². The molecule has 2 aromatic rings. The van der Waals surface area contributed by atoms with Gasteiger partial charge in [-0.15, -0.1) is 10.2 Å². The van der Waals surface area contributed by atoms with Gasteiger partial charge in [0.25, 0.3) is 0 Å². The topological polar surface area (TPSA) is 55.6 Å². The highest BCUT2D eigenvalue weighted by Gasteiger charge is 2.05. The minimum Gasteiger partial charge on any atom is -0.377 e. The van der Waals surface area contributed by atoms with Crippen molar-refractivity contribution in [1.82, 2.24) is 20.2 Å². The van der Waals surface area contributed by atoms with Gasteiger partial charge in [0.2, 0.25) is 0 Å². The summed E-state index contributed by atoms with van der Waals surface area (Å²) in [6, 6.07) is 3.84. The van der Waals surface area contributed by atoms with Gasteiger partial charge >= 0.3 is 0 Å². The fraction of sp³-hybridized carbons (Fsp3) is 0.300. The first-order valence-corrected chi connectivity index (χ1v) is 6.16. The van der Waals surface area contributed by atoms with E-state index in [1.165, 1.54) is 4.80 Å². The van der Waals surface area contributed by atoms with Crippen LogP contribution in [0, 0.1) is 6.92 Å². The second-order valence-corrected chi connectivity index (χ2v) is 4.89. The zero-order valence-electron chi connectivity index (χ0n) is 9.41. The lowest BCUT2D eigenvalue weighted by molar-refractivity contribution is 0.628. The summed E-state index contributed by atoms with van der Waals surface area (Å²) in [4.78, 5) is 1.42. The fourth-order valence-electron chi connectivity index (χ4n) is 1.35. The number of nitrogens with one attached hydrogen (secondary N) is 1. The number of aromatic nitrogens is 4. The number of nitrogens with zero attached hydrogens (tertiary/aromatic N) is 4. The molecule has 0 amide bonds. The molecule has 17 heavy (non-hydrogen) atoms. The molecule has 1 aromatic heterocycles. The molecule has 7 heteroatoms. The molecular weight excluding hydrogens is 306 g/mol. The summed E-state index contributed by atoms with van der Waals surface area (Å²) < 4.78 is 0.961. The molecule has 0 aliphatic rings. The van der Waals surface area contributed by atoms with Gasteiger partial charge in [-0.05, 0) is 45.8 Å². The Morgan fingerprint density at radius 2 is 2.24 bits per heavy atom. The van der Waals surface area contributed by atoms with Gasteiger partial charge in [-0.3, -0.25) is 0 Å². The smallest absolute Gasteiger partial charge is 0.193 e. The lowest BCUT2D eigenvalue weighted by atomic mass is 10.2. The summed E-state index contributed by atoms with van der Waals surface area (Å²) in [6.07, 6.45) is 0. The molecule has 1 N–H and O–H groups in total. The van der Waals surface area contributed by atoms with Gasteiger partial charge in [-0.2, -0.15) is 4.80 Å². The summed E-state index contributed by atoms with van der Waals surface area (Å²) >= 11 is 9.54. The van der Waals surface area contributed by atoms with Gasteiger partial charge < -0.3 is 5.32 Å². The molecule has 1 heterocycles. The van der Waals surface area contributed by atoms with Crippen molar-refractivity contribution in [2.45, 2.75) is 13.5 Å². The highest BCUT2D eigenvalue weighted by atomic mass is 79.9. The van der Waals surface area contributed by atoms with E-state index in [4.69, 9.17) is 11.6 Å². The molecule has 2 rings (SSSR count). The average Bonchev–Trinajstić information content (AvgIpc) is 2.68. The molecule has 5 nitrogen and oxygen atoms in total. The number of hydrogen-bond donors (Lipinski definition) is 1. The van der Waals surface area contributed by atoms with E-state index in [1.807, 2.05) is 19.1 Å². The van der Waals surface area contributed by atoms with E-state index in [2.05, 4.69) is 36.7 Å². The van der Waals surface area contributed by atoms with Crippen LogP contribution in [0.15, 0.2) is 16.6 Å². The summed E-state index contributed by atoms with van der Waals surface area (Å²) in [6.45, 7) is 2.47. The van der Waals surface area contributed by atoms with E-state index in [0.717, 1.165) is 20.7 Å². The van der Waals surface area contributed by atoms with Crippen molar-refractivity contribution in [3.63, 3.8) is 0 Å². The molecule has 0 aliphatic heterocycles. The Bertz CT molecular complexity index is 539. The van der Waals surface area contributed by atoms with Gasteiger partial charge in [0, 0.05) is 9.50 Å². The van der Waals surface area contributed by atoms with E-state index in [0.29, 0.717) is 12.4 Å². The van der Waals surface area contributed by atoms with Crippen LogP contribution in [0.25, 0.3) is 0 Å². The van der Waals surface area contributed by atoms with Crippen molar-refractivity contribution in [2.75, 3.05) is 5.32 Å². The maximum absolute atomic E-state index is 6.06. The maximum Gasteiger partial charge on any atom is 0.193 e. The van der Waals surface area contributed by atoms with Crippen molar-refractivity contribution in [3.8, 4) is 0 Å². The van der Waals surface area contributed by atoms with Crippen molar-refractivity contribution in [2.24, 2.45) is 7.05 Å². The van der Waals surface area contributed by atoms with Gasteiger partial charge in [-0.25, -0.2) is 0 Å². The summed E-state index contributed by atoms with van der Waals surface area (Å²) in [5, 5.41) is 15.7. The Labute approximate surface area is 112 Å². The van der Waals surface area contributed by atoms with Crippen LogP contribution >= 0.6 is 27.5 Å². The van der Waals surface area contributed by atoms with Crippen LogP contribution < -0.4 is 5.32 Å². The first-order chi connectivity index (χ1) is 8.06. The summed E-state index contributed by atoms with van der Waals surface area (Å²) in [5.41, 5.74) is 1.94. The quantitative estimate of drug-likeness (QED) is 0.945. The molecule has 0 saturated carbocycles. The fourth-order valence-corrected chi connectivity index (χ4v) is 2.11. The van der Waals surface area contributed by atoms with E-state index in [9.17, 15) is 0 Å². The Morgan fingerprint density at radius 1 is 1.47 bits per heavy atom. The van der Waals surface area contributed by atoms with Crippen molar-refractivity contribution in [3.05, 3.63) is 33.0 Å². The van der Waals surface area contributed by atoms with Crippen LogP contribution in [0.3, 0.4) is 0 Å². The number of halogens is 2. The Hall–Kier alpha value is -1.14. The second-order valence-electron chi connectivity index (χ2n) is 3.63. The van der Waals surface area contributed by atoms with Gasteiger partial charge in [-0.1, -0.05) is 11.6 Å². The van der Waals surface area contributed by atoms with Crippen molar-refractivity contribution >= 4 is 33.2 Å². The van der Waals surface area contributed by atoms with Gasteiger partial charge in [0.1, 0.15) is 0 Å². The number of benzene rings is 1. The predicted molar refractivity (Wildman–Crippen MR) is 70.0 cm³/mol. The molecule has 0 radical (unpaired) electrons. The first-order valence-electron chi connectivity index (χ1n) is 4.98. The molecular formula is C10H11BrClN5. The Balaban J connectivity index is 2.11. The zero-order chi connectivity index (χ0) is 12.4. The lowest BCUT2D eigenvalue weighted by Gasteiger charge is -2.08. The third kappa shape index (κ3) is 2.95. The van der Waals surface area contributed by atoms with E-state index in [1.54, 1.807) is 7.05 Å². The predicted octanol–water partition coefficient (Wildman–Crippen LogP) is 2.55. The minimum absolute atomic E-state index is 0.506. The van der Waals surface area contributed by atoms with E-state index >= 15 is 0 Å².